The Labute approximate surface area is 107 Å². The van der Waals surface area contributed by atoms with Crippen LogP contribution in [0.4, 0.5) is 0 Å². The van der Waals surface area contributed by atoms with E-state index in [0.29, 0.717) is 12.3 Å². The first kappa shape index (κ1) is 14.8. The van der Waals surface area contributed by atoms with Crippen molar-refractivity contribution in [1.29, 1.82) is 0 Å². The molecule has 1 aliphatic rings. The monoisotopic (exact) mass is 280 g/mol. The van der Waals surface area contributed by atoms with Crippen LogP contribution in [0.3, 0.4) is 0 Å². The number of hydrogen-bond acceptors (Lipinski definition) is 5. The molecular weight excluding hydrogens is 260 g/mol. The lowest BCUT2D eigenvalue weighted by molar-refractivity contribution is -0.135. The predicted octanol–water partition coefficient (Wildman–Crippen LogP) is -0.0842. The molecule has 1 heterocycles. The van der Waals surface area contributed by atoms with Gasteiger partial charge in [0.25, 0.3) is 0 Å². The molecule has 1 fully saturated rings. The summed E-state index contributed by atoms with van der Waals surface area (Å²) in [6, 6.07) is -0.266. The number of sulfone groups is 1. The van der Waals surface area contributed by atoms with Gasteiger partial charge in [-0.1, -0.05) is 6.92 Å². The maximum absolute atomic E-state index is 12.2. The summed E-state index contributed by atoms with van der Waals surface area (Å²) in [4.78, 5) is 13.6. The zero-order valence-electron chi connectivity index (χ0n) is 10.4. The average molecular weight is 280 g/mol. The van der Waals surface area contributed by atoms with E-state index in [0.717, 1.165) is 5.75 Å². The van der Waals surface area contributed by atoms with Gasteiger partial charge in [0.15, 0.2) is 9.84 Å². The minimum Gasteiger partial charge on any atom is -0.327 e. The third-order valence-electron chi connectivity index (χ3n) is 3.04. The third kappa shape index (κ3) is 3.59. The molecule has 2 N–H and O–H groups in total. The SMILES string of the molecule is CC(N)C(C)C(=O)N1CCSCC1S(C)(=O)=O. The zero-order chi connectivity index (χ0) is 13.2. The highest BCUT2D eigenvalue weighted by molar-refractivity contribution is 8.00. The van der Waals surface area contributed by atoms with Crippen molar-refractivity contribution in [3.8, 4) is 0 Å². The maximum atomic E-state index is 12.2. The number of rotatable bonds is 3. The lowest BCUT2D eigenvalue weighted by Crippen LogP contribution is -2.53. The Bertz CT molecular complexity index is 381. The van der Waals surface area contributed by atoms with Crippen LogP contribution < -0.4 is 5.73 Å². The van der Waals surface area contributed by atoms with Gasteiger partial charge < -0.3 is 10.6 Å². The van der Waals surface area contributed by atoms with Crippen LogP contribution in [0.1, 0.15) is 13.8 Å². The Morgan fingerprint density at radius 1 is 1.47 bits per heavy atom. The molecule has 3 unspecified atom stereocenters. The second-order valence-electron chi connectivity index (χ2n) is 4.54. The molecule has 5 nitrogen and oxygen atoms in total. The van der Waals surface area contributed by atoms with Gasteiger partial charge in [-0.15, -0.1) is 0 Å². The van der Waals surface area contributed by atoms with Crippen LogP contribution in [0.5, 0.6) is 0 Å². The summed E-state index contributed by atoms with van der Waals surface area (Å²) in [5.74, 6) is 0.734. The number of hydrogen-bond donors (Lipinski definition) is 1. The minimum atomic E-state index is -3.24. The minimum absolute atomic E-state index is 0.157. The summed E-state index contributed by atoms with van der Waals surface area (Å²) in [7, 11) is -3.24. The van der Waals surface area contributed by atoms with Gasteiger partial charge in [-0.25, -0.2) is 8.42 Å². The molecule has 0 spiro atoms. The summed E-state index contributed by atoms with van der Waals surface area (Å²) < 4.78 is 23.3. The van der Waals surface area contributed by atoms with Crippen molar-refractivity contribution < 1.29 is 13.2 Å². The molecule has 17 heavy (non-hydrogen) atoms. The fourth-order valence-corrected chi connectivity index (χ4v) is 4.50. The quantitative estimate of drug-likeness (QED) is 0.782. The van der Waals surface area contributed by atoms with Gasteiger partial charge in [0.1, 0.15) is 5.37 Å². The van der Waals surface area contributed by atoms with Crippen molar-refractivity contribution in [2.24, 2.45) is 11.7 Å². The largest absolute Gasteiger partial charge is 0.327 e. The first-order valence-corrected chi connectivity index (χ1v) is 8.68. The number of nitrogens with two attached hydrogens (primary N) is 1. The van der Waals surface area contributed by atoms with Crippen molar-refractivity contribution in [2.75, 3.05) is 24.3 Å². The topological polar surface area (TPSA) is 80.5 Å². The molecule has 0 aromatic rings. The molecule has 0 radical (unpaired) electrons. The van der Waals surface area contributed by atoms with E-state index in [1.165, 1.54) is 11.2 Å². The smallest absolute Gasteiger partial charge is 0.228 e. The van der Waals surface area contributed by atoms with Crippen LogP contribution in [0.2, 0.25) is 0 Å². The molecule has 1 aliphatic heterocycles. The van der Waals surface area contributed by atoms with Crippen LogP contribution >= 0.6 is 11.8 Å². The summed E-state index contributed by atoms with van der Waals surface area (Å²) >= 11 is 1.57. The highest BCUT2D eigenvalue weighted by Crippen LogP contribution is 2.22. The molecule has 1 amide bonds. The molecule has 0 saturated carbocycles. The van der Waals surface area contributed by atoms with E-state index in [4.69, 9.17) is 5.73 Å². The van der Waals surface area contributed by atoms with E-state index in [1.54, 1.807) is 25.6 Å². The van der Waals surface area contributed by atoms with Gasteiger partial charge in [-0.05, 0) is 6.92 Å². The Hall–Kier alpha value is -0.270. The Morgan fingerprint density at radius 2 is 2.06 bits per heavy atom. The van der Waals surface area contributed by atoms with E-state index >= 15 is 0 Å². The number of nitrogens with zero attached hydrogens (tertiary/aromatic N) is 1. The van der Waals surface area contributed by atoms with Gasteiger partial charge in [0, 0.05) is 30.3 Å². The Kier molecular flexibility index (Phi) is 4.86. The number of amides is 1. The third-order valence-corrected chi connectivity index (χ3v) is 5.68. The van der Waals surface area contributed by atoms with Crippen LogP contribution in [0.15, 0.2) is 0 Å². The van der Waals surface area contributed by atoms with Crippen LogP contribution in [-0.4, -0.2) is 54.9 Å². The van der Waals surface area contributed by atoms with Crippen LogP contribution in [0, 0.1) is 5.92 Å². The lowest BCUT2D eigenvalue weighted by atomic mass is 10.0. The molecule has 1 saturated heterocycles. The van der Waals surface area contributed by atoms with Gasteiger partial charge in [0.2, 0.25) is 5.91 Å². The maximum Gasteiger partial charge on any atom is 0.228 e. The van der Waals surface area contributed by atoms with Crippen molar-refractivity contribution in [3.63, 3.8) is 0 Å². The standard InChI is InChI=1S/C10H20N2O3S2/c1-7(8(2)11)10(13)12-4-5-16-6-9(12)17(3,14)15/h7-9H,4-6,11H2,1-3H3. The van der Waals surface area contributed by atoms with Crippen molar-refractivity contribution in [1.82, 2.24) is 4.90 Å². The van der Waals surface area contributed by atoms with Gasteiger partial charge in [-0.2, -0.15) is 11.8 Å². The molecule has 0 aromatic heterocycles. The summed E-state index contributed by atoms with van der Waals surface area (Å²) in [5, 5.41) is -0.699. The Balaban J connectivity index is 2.89. The second-order valence-corrected chi connectivity index (χ2v) is 7.89. The highest BCUT2D eigenvalue weighted by Gasteiger charge is 2.36. The first-order chi connectivity index (χ1) is 7.75. The van der Waals surface area contributed by atoms with Crippen LogP contribution in [0.25, 0.3) is 0 Å². The van der Waals surface area contributed by atoms with E-state index in [-0.39, 0.29) is 17.9 Å². The molecule has 0 aliphatic carbocycles. The van der Waals surface area contributed by atoms with E-state index in [9.17, 15) is 13.2 Å². The second kappa shape index (κ2) is 5.58. The molecule has 100 valence electrons. The van der Waals surface area contributed by atoms with E-state index < -0.39 is 15.2 Å². The molecule has 1 rings (SSSR count). The molecule has 0 aromatic carbocycles. The van der Waals surface area contributed by atoms with Crippen LogP contribution in [-0.2, 0) is 14.6 Å². The van der Waals surface area contributed by atoms with Crippen molar-refractivity contribution in [3.05, 3.63) is 0 Å². The predicted molar refractivity (Wildman–Crippen MR) is 70.5 cm³/mol. The summed E-state index contributed by atoms with van der Waals surface area (Å²) in [6.45, 7) is 3.99. The van der Waals surface area contributed by atoms with Crippen molar-refractivity contribution >= 4 is 27.5 Å². The molecule has 7 heteroatoms. The molecule has 0 bridgehead atoms. The number of carbonyl (C=O) groups excluding carboxylic acids is 1. The van der Waals surface area contributed by atoms with E-state index in [2.05, 4.69) is 0 Å². The van der Waals surface area contributed by atoms with Gasteiger partial charge in [0.05, 0.1) is 5.92 Å². The van der Waals surface area contributed by atoms with Crippen molar-refractivity contribution in [2.45, 2.75) is 25.3 Å². The Morgan fingerprint density at radius 3 is 2.53 bits per heavy atom. The average Bonchev–Trinajstić information content (AvgIpc) is 2.25. The zero-order valence-corrected chi connectivity index (χ0v) is 12.1. The summed E-state index contributed by atoms with van der Waals surface area (Å²) in [5.41, 5.74) is 5.70. The summed E-state index contributed by atoms with van der Waals surface area (Å²) in [6.07, 6.45) is 1.18. The first-order valence-electron chi connectivity index (χ1n) is 5.58. The highest BCUT2D eigenvalue weighted by atomic mass is 32.2. The molecule has 3 atom stereocenters. The normalized spacial score (nSPS) is 25.4. The lowest BCUT2D eigenvalue weighted by Gasteiger charge is -2.36. The van der Waals surface area contributed by atoms with Gasteiger partial charge in [-0.3, -0.25) is 4.79 Å². The van der Waals surface area contributed by atoms with E-state index in [1.807, 2.05) is 0 Å². The number of carbonyl (C=O) groups is 1. The van der Waals surface area contributed by atoms with Gasteiger partial charge >= 0.3 is 0 Å². The fourth-order valence-electron chi connectivity index (χ4n) is 1.67. The number of thioether (sulfide) groups is 1. The fraction of sp³-hybridized carbons (Fsp3) is 0.900. The molecular formula is C10H20N2O3S2.